The highest BCUT2D eigenvalue weighted by Gasteiger charge is 2.43. The maximum absolute atomic E-state index is 14.0. The molecule has 10 heteroatoms. The number of halogens is 1. The highest BCUT2D eigenvalue weighted by molar-refractivity contribution is 7.13. The molecule has 220 valence electrons. The highest BCUT2D eigenvalue weighted by atomic mass is 32.1. The van der Waals surface area contributed by atoms with Gasteiger partial charge in [0.2, 0.25) is 11.8 Å². The molecule has 1 aromatic carbocycles. The fourth-order valence-corrected chi connectivity index (χ4v) is 5.49. The zero-order chi connectivity index (χ0) is 30.0. The van der Waals surface area contributed by atoms with Gasteiger partial charge in [-0.2, -0.15) is 0 Å². The Morgan fingerprint density at radius 2 is 1.82 bits per heavy atom. The number of aliphatic hydroxyl groups is 1. The number of benzene rings is 1. The molecule has 40 heavy (non-hydrogen) atoms. The lowest BCUT2D eigenvalue weighted by atomic mass is 9.91. The largest absolute Gasteiger partial charge is 0.391 e. The molecule has 8 nitrogen and oxygen atoms in total. The van der Waals surface area contributed by atoms with Gasteiger partial charge in [-0.3, -0.25) is 9.59 Å². The third kappa shape index (κ3) is 7.75. The van der Waals surface area contributed by atoms with Crippen LogP contribution in [0.15, 0.2) is 40.4 Å². The molecule has 1 saturated heterocycles. The number of β-amino-alcohol motifs (C(OH)–C–C–N with tert-alkyl or cyclic N) is 1. The highest BCUT2D eigenvalue weighted by Crippen LogP contribution is 2.32. The van der Waals surface area contributed by atoms with E-state index in [2.05, 4.69) is 15.5 Å². The molecular weight excluding hydrogens is 531 g/mol. The monoisotopic (exact) mass is 574 g/mol. The van der Waals surface area contributed by atoms with E-state index in [1.807, 2.05) is 60.6 Å². The zero-order valence-corrected chi connectivity index (χ0v) is 25.6. The molecule has 0 saturated carbocycles. The molecule has 2 aromatic heterocycles. The summed E-state index contributed by atoms with van der Waals surface area (Å²) in [5.74, 6) is -1.16. The van der Waals surface area contributed by atoms with E-state index >= 15 is 0 Å². The first kappa shape index (κ1) is 33.1. The minimum atomic E-state index is -0.911. The second-order valence-corrected chi connectivity index (χ2v) is 10.4. The third-order valence-electron chi connectivity index (χ3n) is 6.54. The summed E-state index contributed by atoms with van der Waals surface area (Å²) in [4.78, 5) is 33.5. The summed E-state index contributed by atoms with van der Waals surface area (Å²) in [6.45, 7) is 14.7. The maximum atomic E-state index is 14.0. The van der Waals surface area contributed by atoms with Gasteiger partial charge in [0.15, 0.2) is 0 Å². The molecule has 0 radical (unpaired) electrons. The van der Waals surface area contributed by atoms with Crippen molar-refractivity contribution < 1.29 is 23.6 Å². The van der Waals surface area contributed by atoms with Crippen molar-refractivity contribution in [2.45, 2.75) is 85.9 Å². The van der Waals surface area contributed by atoms with Crippen molar-refractivity contribution in [2.75, 3.05) is 13.2 Å². The van der Waals surface area contributed by atoms with Crippen molar-refractivity contribution in [1.82, 2.24) is 20.4 Å². The molecule has 1 fully saturated rings. The Hall–Kier alpha value is -3.11. The van der Waals surface area contributed by atoms with E-state index in [0.717, 1.165) is 16.1 Å². The number of aliphatic hydroxyl groups excluding tert-OH is 1. The zero-order valence-electron chi connectivity index (χ0n) is 24.8. The summed E-state index contributed by atoms with van der Waals surface area (Å²) >= 11 is 1.53. The average Bonchev–Trinajstić information content (AvgIpc) is 3.69. The number of thiazole rings is 1. The van der Waals surface area contributed by atoms with Gasteiger partial charge >= 0.3 is 0 Å². The van der Waals surface area contributed by atoms with Crippen LogP contribution in [0.2, 0.25) is 0 Å². The second kappa shape index (κ2) is 15.6. The number of nitrogens with one attached hydrogen (secondary N) is 1. The van der Waals surface area contributed by atoms with Crippen LogP contribution in [0.5, 0.6) is 0 Å². The third-order valence-corrected chi connectivity index (χ3v) is 7.52. The number of hydrogen-bond acceptors (Lipinski definition) is 7. The number of carbonyl (C=O) groups excluding carboxylic acids is 2. The Labute approximate surface area is 241 Å². The smallest absolute Gasteiger partial charge is 0.243 e. The lowest BCUT2D eigenvalue weighted by molar-refractivity contribution is -0.141. The molecule has 4 atom stereocenters. The molecule has 4 rings (SSSR count). The lowest BCUT2D eigenvalue weighted by Crippen LogP contribution is -2.49. The van der Waals surface area contributed by atoms with Gasteiger partial charge in [-0.1, -0.05) is 71.0 Å². The van der Waals surface area contributed by atoms with Crippen LogP contribution in [0.1, 0.15) is 82.6 Å². The van der Waals surface area contributed by atoms with Crippen molar-refractivity contribution >= 4 is 23.2 Å². The standard InChI is InChI=1S/C26H31FN4O4S.2C2H6/c1-14(2)23(22-9-15(3)30-35-22)26(34)31-12-19(32)10-21(31)25(33)29-20(11-27)17-5-7-18(8-6-17)24-16(4)28-13-36-24;2*1-2/h5-9,13-14,19-21,23,32H,10-12H2,1-4H3,(H,29,33);2*1-2H3. The molecule has 0 bridgehead atoms. The van der Waals surface area contributed by atoms with Crippen LogP contribution in [-0.2, 0) is 9.59 Å². The number of nitrogens with zero attached hydrogens (tertiary/aromatic N) is 3. The Kier molecular flexibility index (Phi) is 12.9. The molecule has 3 heterocycles. The Morgan fingerprint density at radius 3 is 2.33 bits per heavy atom. The van der Waals surface area contributed by atoms with Gasteiger partial charge in [0.05, 0.1) is 33.9 Å². The molecular formula is C30H43FN4O4S. The van der Waals surface area contributed by atoms with E-state index in [1.54, 1.807) is 30.6 Å². The topological polar surface area (TPSA) is 109 Å². The first-order valence-corrected chi connectivity index (χ1v) is 14.9. The van der Waals surface area contributed by atoms with Crippen molar-refractivity contribution in [3.8, 4) is 10.4 Å². The number of aromatic nitrogens is 2. The molecule has 0 spiro atoms. The summed E-state index contributed by atoms with van der Waals surface area (Å²) < 4.78 is 19.4. The lowest BCUT2D eigenvalue weighted by Gasteiger charge is -2.29. The minimum Gasteiger partial charge on any atom is -0.391 e. The second-order valence-electron chi connectivity index (χ2n) is 9.59. The molecule has 2 amide bonds. The Morgan fingerprint density at radius 1 is 1.18 bits per heavy atom. The number of amides is 2. The van der Waals surface area contributed by atoms with Crippen LogP contribution < -0.4 is 5.32 Å². The summed E-state index contributed by atoms with van der Waals surface area (Å²) in [5.41, 5.74) is 4.94. The Bertz CT molecular complexity index is 1210. The van der Waals surface area contributed by atoms with Crippen LogP contribution >= 0.6 is 11.3 Å². The van der Waals surface area contributed by atoms with Crippen molar-refractivity contribution in [1.29, 1.82) is 0 Å². The summed E-state index contributed by atoms with van der Waals surface area (Å²) in [7, 11) is 0. The molecule has 2 N–H and O–H groups in total. The quantitative estimate of drug-likeness (QED) is 0.342. The molecule has 0 aliphatic carbocycles. The van der Waals surface area contributed by atoms with Gasteiger partial charge in [0.1, 0.15) is 24.4 Å². The summed E-state index contributed by atoms with van der Waals surface area (Å²) in [5, 5.41) is 17.0. The van der Waals surface area contributed by atoms with Crippen LogP contribution in [0.3, 0.4) is 0 Å². The molecule has 1 aliphatic rings. The van der Waals surface area contributed by atoms with Crippen molar-refractivity contribution in [3.63, 3.8) is 0 Å². The number of rotatable bonds is 8. The maximum Gasteiger partial charge on any atom is 0.243 e. The summed E-state index contributed by atoms with van der Waals surface area (Å²) in [6.07, 6.45) is -0.764. The van der Waals surface area contributed by atoms with Crippen LogP contribution in [0.4, 0.5) is 4.39 Å². The van der Waals surface area contributed by atoms with Crippen molar-refractivity contribution in [3.05, 3.63) is 58.6 Å². The molecule has 4 unspecified atom stereocenters. The average molecular weight is 575 g/mol. The van der Waals surface area contributed by atoms with E-state index in [-0.39, 0.29) is 24.8 Å². The SMILES string of the molecule is CC.CC.Cc1cc(C(C(=O)N2CC(O)CC2C(=O)NC(CF)c2ccc(-c3scnc3C)cc2)C(C)C)on1. The summed E-state index contributed by atoms with van der Waals surface area (Å²) in [6, 6.07) is 7.26. The number of carbonyl (C=O) groups is 2. The predicted molar refractivity (Wildman–Crippen MR) is 157 cm³/mol. The van der Waals surface area contributed by atoms with Crippen LogP contribution in [-0.4, -0.2) is 57.3 Å². The van der Waals surface area contributed by atoms with Gasteiger partial charge in [-0.15, -0.1) is 11.3 Å². The van der Waals surface area contributed by atoms with Crippen molar-refractivity contribution in [2.24, 2.45) is 5.92 Å². The van der Waals surface area contributed by atoms with Gasteiger partial charge < -0.3 is 19.8 Å². The van der Waals surface area contributed by atoms with Crippen LogP contribution in [0, 0.1) is 19.8 Å². The fraction of sp³-hybridized carbons (Fsp3) is 0.533. The van der Waals surface area contributed by atoms with Gasteiger partial charge in [0.25, 0.3) is 0 Å². The Balaban J connectivity index is 0.00000134. The van der Waals surface area contributed by atoms with Gasteiger partial charge in [-0.25, -0.2) is 9.37 Å². The van der Waals surface area contributed by atoms with Gasteiger partial charge in [-0.05, 0) is 30.9 Å². The molecule has 3 aromatic rings. The predicted octanol–water partition coefficient (Wildman–Crippen LogP) is 6.00. The van der Waals surface area contributed by atoms with Crippen LogP contribution in [0.25, 0.3) is 10.4 Å². The van der Waals surface area contributed by atoms with Gasteiger partial charge in [0, 0.05) is 19.0 Å². The minimum absolute atomic E-state index is 0.0243. The molecule has 1 aliphatic heterocycles. The first-order valence-electron chi connectivity index (χ1n) is 14.0. The normalized spacial score (nSPS) is 17.8. The fourth-order valence-electron chi connectivity index (χ4n) is 4.67. The van der Waals surface area contributed by atoms with E-state index in [0.29, 0.717) is 17.0 Å². The number of likely N-dealkylation sites (tertiary alicyclic amines) is 1. The van der Waals surface area contributed by atoms with E-state index < -0.39 is 36.7 Å². The van der Waals surface area contributed by atoms with E-state index in [1.165, 1.54) is 16.2 Å². The first-order chi connectivity index (χ1) is 19.2. The number of aryl methyl sites for hydroxylation is 2. The van der Waals surface area contributed by atoms with E-state index in [4.69, 9.17) is 4.52 Å². The number of alkyl halides is 1. The van der Waals surface area contributed by atoms with E-state index in [9.17, 15) is 19.1 Å². The number of hydrogen-bond donors (Lipinski definition) is 2.